The maximum absolute atomic E-state index is 13.9. The van der Waals surface area contributed by atoms with E-state index in [1.807, 2.05) is 42.5 Å². The van der Waals surface area contributed by atoms with Crippen molar-refractivity contribution in [3.63, 3.8) is 0 Å². The second-order valence-corrected chi connectivity index (χ2v) is 9.82. The van der Waals surface area contributed by atoms with Crippen LogP contribution in [0, 0.1) is 10.6 Å². The van der Waals surface area contributed by atoms with Crippen molar-refractivity contribution in [1.29, 1.82) is 4.78 Å². The second-order valence-electron chi connectivity index (χ2n) is 7.52. The van der Waals surface area contributed by atoms with Crippen LogP contribution in [0.4, 0.5) is 16.0 Å². The van der Waals surface area contributed by atoms with Gasteiger partial charge in [-0.3, -0.25) is 4.78 Å². The van der Waals surface area contributed by atoms with Crippen LogP contribution >= 0.6 is 0 Å². The summed E-state index contributed by atoms with van der Waals surface area (Å²) in [5, 5.41) is 3.10. The number of nitrogens with one attached hydrogen (secondary N) is 2. The summed E-state index contributed by atoms with van der Waals surface area (Å²) in [6.45, 7) is 0.275. The van der Waals surface area contributed by atoms with Crippen molar-refractivity contribution in [3.05, 3.63) is 96.1 Å². The average Bonchev–Trinajstić information content (AvgIpc) is 2.78. The lowest BCUT2D eigenvalue weighted by Crippen LogP contribution is -2.03. The molecule has 0 aliphatic carbocycles. The fraction of sp³-hybridized carbons (Fsp3) is 0.125. The van der Waals surface area contributed by atoms with Gasteiger partial charge in [0.25, 0.3) is 0 Å². The molecule has 9 heteroatoms. The van der Waals surface area contributed by atoms with Gasteiger partial charge in [-0.1, -0.05) is 42.5 Å². The van der Waals surface area contributed by atoms with Gasteiger partial charge >= 0.3 is 0 Å². The molecule has 1 unspecified atom stereocenters. The summed E-state index contributed by atoms with van der Waals surface area (Å²) in [7, 11) is -2.66. The zero-order valence-corrected chi connectivity index (χ0v) is 18.7. The highest BCUT2D eigenvalue weighted by Gasteiger charge is 2.13. The van der Waals surface area contributed by atoms with Crippen molar-refractivity contribution in [3.8, 4) is 17.1 Å². The lowest BCUT2D eigenvalue weighted by molar-refractivity contribution is 0.306. The van der Waals surface area contributed by atoms with Gasteiger partial charge in [-0.05, 0) is 35.4 Å². The largest absolute Gasteiger partial charge is 0.488 e. The SMILES string of the molecule is CS(=N)(=O)Cc1cccc(Nc2ncnc(-c3ccc(F)cc3OCc3ccccc3)n2)c1. The minimum atomic E-state index is -2.66. The normalized spacial score (nSPS) is 12.7. The van der Waals surface area contributed by atoms with E-state index in [1.165, 1.54) is 24.7 Å². The van der Waals surface area contributed by atoms with Gasteiger partial charge in [-0.15, -0.1) is 0 Å². The predicted octanol–water partition coefficient (Wildman–Crippen LogP) is 5.18. The molecule has 1 heterocycles. The van der Waals surface area contributed by atoms with Crippen molar-refractivity contribution >= 4 is 21.4 Å². The minimum absolute atomic E-state index is 0.155. The standard InChI is InChI=1S/C24H22FN5O2S/c1-33(26,31)15-18-8-5-9-20(12-18)29-24-28-16-27-23(30-24)21-11-10-19(25)13-22(21)32-14-17-6-3-2-4-7-17/h2-13,16,26H,14-15H2,1H3,(H,27,28,29,30). The Balaban J connectivity index is 1.57. The van der Waals surface area contributed by atoms with E-state index in [2.05, 4.69) is 20.3 Å². The molecule has 168 valence electrons. The molecule has 0 radical (unpaired) electrons. The number of nitrogens with zero attached hydrogens (tertiary/aromatic N) is 3. The molecule has 1 atom stereocenters. The highest BCUT2D eigenvalue weighted by atomic mass is 32.2. The van der Waals surface area contributed by atoms with Crippen LogP contribution in [0.25, 0.3) is 11.4 Å². The summed E-state index contributed by atoms with van der Waals surface area (Å²) < 4.78 is 39.3. The third-order valence-corrected chi connectivity index (χ3v) is 5.50. The van der Waals surface area contributed by atoms with Crippen molar-refractivity contribution in [2.75, 3.05) is 11.6 Å². The van der Waals surface area contributed by atoms with Crippen molar-refractivity contribution in [2.24, 2.45) is 0 Å². The molecule has 0 saturated carbocycles. The molecule has 0 aliphatic heterocycles. The highest BCUT2D eigenvalue weighted by molar-refractivity contribution is 7.90. The Morgan fingerprint density at radius 1 is 1.00 bits per heavy atom. The Kier molecular flexibility index (Phi) is 6.60. The molecule has 2 N–H and O–H groups in total. The number of hydrogen-bond donors (Lipinski definition) is 2. The fourth-order valence-electron chi connectivity index (χ4n) is 3.21. The van der Waals surface area contributed by atoms with E-state index in [0.29, 0.717) is 28.8 Å². The molecular weight excluding hydrogens is 441 g/mol. The van der Waals surface area contributed by atoms with Gasteiger partial charge in [-0.2, -0.15) is 4.98 Å². The first-order valence-electron chi connectivity index (χ1n) is 10.1. The molecule has 3 aromatic carbocycles. The number of ether oxygens (including phenoxy) is 1. The number of rotatable bonds is 8. The van der Waals surface area contributed by atoms with Crippen molar-refractivity contribution < 1.29 is 13.3 Å². The summed E-state index contributed by atoms with van der Waals surface area (Å²) in [5.74, 6) is 0.676. The van der Waals surface area contributed by atoms with Gasteiger partial charge < -0.3 is 10.1 Å². The van der Waals surface area contributed by atoms with Gasteiger partial charge in [0.15, 0.2) is 5.82 Å². The fourth-order valence-corrected chi connectivity index (χ4v) is 4.02. The van der Waals surface area contributed by atoms with Crippen LogP contribution in [0.15, 0.2) is 79.1 Å². The second kappa shape index (κ2) is 9.74. The third-order valence-electron chi connectivity index (χ3n) is 4.62. The van der Waals surface area contributed by atoms with Crippen LogP contribution in [0.2, 0.25) is 0 Å². The first kappa shape index (κ1) is 22.3. The number of benzene rings is 3. The lowest BCUT2D eigenvalue weighted by atomic mass is 10.1. The zero-order chi connectivity index (χ0) is 23.3. The van der Waals surface area contributed by atoms with Crippen molar-refractivity contribution in [1.82, 2.24) is 15.0 Å². The molecule has 4 rings (SSSR count). The molecule has 0 spiro atoms. The molecule has 0 bridgehead atoms. The molecule has 0 amide bonds. The third kappa shape index (κ3) is 6.33. The van der Waals surface area contributed by atoms with E-state index in [0.717, 1.165) is 11.1 Å². The van der Waals surface area contributed by atoms with E-state index >= 15 is 0 Å². The summed E-state index contributed by atoms with van der Waals surface area (Å²) in [5.41, 5.74) is 2.95. The lowest BCUT2D eigenvalue weighted by Gasteiger charge is -2.12. The van der Waals surface area contributed by atoms with Crippen LogP contribution in [0.3, 0.4) is 0 Å². The predicted molar refractivity (Wildman–Crippen MR) is 126 cm³/mol. The molecule has 33 heavy (non-hydrogen) atoms. The van der Waals surface area contributed by atoms with Crippen LogP contribution < -0.4 is 10.1 Å². The number of anilines is 2. The van der Waals surface area contributed by atoms with Crippen LogP contribution in [-0.4, -0.2) is 25.4 Å². The van der Waals surface area contributed by atoms with E-state index in [9.17, 15) is 8.60 Å². The first-order chi connectivity index (χ1) is 15.9. The quantitative estimate of drug-likeness (QED) is 0.374. The van der Waals surface area contributed by atoms with Gasteiger partial charge in [0.05, 0.1) is 11.3 Å². The maximum atomic E-state index is 13.9. The van der Waals surface area contributed by atoms with Gasteiger partial charge in [-0.25, -0.2) is 18.6 Å². The van der Waals surface area contributed by atoms with Crippen molar-refractivity contribution in [2.45, 2.75) is 12.4 Å². The molecule has 0 aliphatic rings. The monoisotopic (exact) mass is 463 g/mol. The zero-order valence-electron chi connectivity index (χ0n) is 17.9. The van der Waals surface area contributed by atoms with E-state index in [-0.39, 0.29) is 12.4 Å². The summed E-state index contributed by atoms with van der Waals surface area (Å²) >= 11 is 0. The van der Waals surface area contributed by atoms with E-state index in [4.69, 9.17) is 9.52 Å². The van der Waals surface area contributed by atoms with Gasteiger partial charge in [0.2, 0.25) is 5.95 Å². The van der Waals surface area contributed by atoms with Crippen LogP contribution in [-0.2, 0) is 22.1 Å². The highest BCUT2D eigenvalue weighted by Crippen LogP contribution is 2.29. The first-order valence-corrected chi connectivity index (χ1v) is 12.2. The average molecular weight is 464 g/mol. The minimum Gasteiger partial charge on any atom is -0.488 e. The number of aromatic nitrogens is 3. The Bertz CT molecular complexity index is 1360. The van der Waals surface area contributed by atoms with E-state index in [1.54, 1.807) is 18.2 Å². The van der Waals surface area contributed by atoms with Gasteiger partial charge in [0.1, 0.15) is 24.5 Å². The Morgan fingerprint density at radius 3 is 2.58 bits per heavy atom. The van der Waals surface area contributed by atoms with E-state index < -0.39 is 15.5 Å². The Hall–Kier alpha value is -3.85. The summed E-state index contributed by atoms with van der Waals surface area (Å²) in [6.07, 6.45) is 2.77. The number of halogens is 1. The maximum Gasteiger partial charge on any atom is 0.230 e. The topological polar surface area (TPSA) is 101 Å². The van der Waals surface area contributed by atoms with Crippen LogP contribution in [0.1, 0.15) is 11.1 Å². The molecular formula is C24H22FN5O2S. The molecule has 1 aromatic heterocycles. The number of hydrogen-bond acceptors (Lipinski definition) is 7. The molecule has 4 aromatic rings. The summed E-state index contributed by atoms with van der Waals surface area (Å²) in [6, 6.07) is 21.0. The van der Waals surface area contributed by atoms with Crippen LogP contribution in [0.5, 0.6) is 5.75 Å². The van der Waals surface area contributed by atoms with Gasteiger partial charge in [0, 0.05) is 27.7 Å². The Labute approximate surface area is 191 Å². The smallest absolute Gasteiger partial charge is 0.230 e. The molecule has 0 saturated heterocycles. The summed E-state index contributed by atoms with van der Waals surface area (Å²) in [4.78, 5) is 12.9. The molecule has 7 nitrogen and oxygen atoms in total. The Morgan fingerprint density at radius 2 is 1.79 bits per heavy atom. The molecule has 0 fully saturated rings.